The number of halogens is 3. The molecule has 0 saturated carbocycles. The van der Waals surface area contributed by atoms with Gasteiger partial charge in [-0.2, -0.15) is 0 Å². The molecule has 0 bridgehead atoms. The molecule has 9 heteroatoms. The van der Waals surface area contributed by atoms with Gasteiger partial charge in [0.1, 0.15) is 10.7 Å². The molecule has 0 fully saturated rings. The fourth-order valence-corrected chi connectivity index (χ4v) is 1.23. The van der Waals surface area contributed by atoms with Gasteiger partial charge >= 0.3 is 5.97 Å². The Morgan fingerprint density at radius 1 is 1.62 bits per heavy atom. The van der Waals surface area contributed by atoms with Crippen LogP contribution in [0.15, 0.2) is 6.07 Å². The van der Waals surface area contributed by atoms with E-state index in [4.69, 9.17) is 16.7 Å². The Labute approximate surface area is 91.6 Å². The smallest absolute Gasteiger partial charge is 0.355 e. The number of alkyl halides is 2. The topological polar surface area (TPSA) is 93.3 Å². The highest BCUT2D eigenvalue weighted by molar-refractivity contribution is 6.29. The summed E-state index contributed by atoms with van der Waals surface area (Å²) in [6, 6.07) is 0.579. The van der Waals surface area contributed by atoms with Crippen LogP contribution in [0.1, 0.15) is 22.5 Å². The molecule has 0 aliphatic carbocycles. The summed E-state index contributed by atoms with van der Waals surface area (Å²) in [5, 5.41) is 18.5. The minimum Gasteiger partial charge on any atom is -0.476 e. The molecule has 86 valence electrons. The molecule has 1 aromatic rings. The van der Waals surface area contributed by atoms with Crippen molar-refractivity contribution in [2.75, 3.05) is 0 Å². The molecule has 16 heavy (non-hydrogen) atoms. The first kappa shape index (κ1) is 12.2. The zero-order valence-electron chi connectivity index (χ0n) is 7.35. The summed E-state index contributed by atoms with van der Waals surface area (Å²) in [6.07, 6.45) is -3.32. The lowest BCUT2D eigenvalue weighted by Gasteiger charge is -2.05. The summed E-state index contributed by atoms with van der Waals surface area (Å²) in [5.41, 5.74) is -3.43. The summed E-state index contributed by atoms with van der Waals surface area (Å²) < 4.78 is 25.0. The van der Waals surface area contributed by atoms with Gasteiger partial charge in [-0.25, -0.2) is 18.6 Å². The third kappa shape index (κ3) is 2.22. The van der Waals surface area contributed by atoms with Crippen molar-refractivity contribution in [1.29, 1.82) is 0 Å². The minimum absolute atomic E-state index is 0.534. The largest absolute Gasteiger partial charge is 0.476 e. The van der Waals surface area contributed by atoms with Crippen molar-refractivity contribution in [2.45, 2.75) is 6.43 Å². The van der Waals surface area contributed by atoms with E-state index in [0.717, 1.165) is 0 Å². The molecule has 0 aromatic carbocycles. The molecular weight excluding hydrogens is 250 g/mol. The molecule has 0 atom stereocenters. The van der Waals surface area contributed by atoms with Crippen LogP contribution in [-0.4, -0.2) is 21.0 Å². The van der Waals surface area contributed by atoms with E-state index in [1.54, 1.807) is 0 Å². The number of aromatic nitrogens is 1. The van der Waals surface area contributed by atoms with Crippen LogP contribution in [0, 0.1) is 10.1 Å². The van der Waals surface area contributed by atoms with Gasteiger partial charge in [-0.3, -0.25) is 10.1 Å². The maximum atomic E-state index is 12.5. The van der Waals surface area contributed by atoms with E-state index in [0.29, 0.717) is 6.07 Å². The first-order valence-corrected chi connectivity index (χ1v) is 4.08. The molecular formula is C7H3ClF2N2O4. The number of carboxylic acid groups (broad SMARTS) is 1. The third-order valence-electron chi connectivity index (χ3n) is 1.62. The first-order valence-electron chi connectivity index (χ1n) is 3.71. The summed E-state index contributed by atoms with van der Waals surface area (Å²) in [5.74, 6) is -1.80. The first-order chi connectivity index (χ1) is 7.34. The maximum absolute atomic E-state index is 12.5. The van der Waals surface area contributed by atoms with E-state index in [9.17, 15) is 23.7 Å². The fourth-order valence-electron chi connectivity index (χ4n) is 1.04. The van der Waals surface area contributed by atoms with Crippen molar-refractivity contribution in [1.82, 2.24) is 4.98 Å². The zero-order chi connectivity index (χ0) is 12.5. The molecule has 1 rings (SSSR count). The van der Waals surface area contributed by atoms with Crippen LogP contribution in [0.2, 0.25) is 5.15 Å². The maximum Gasteiger partial charge on any atom is 0.355 e. The fraction of sp³-hybridized carbons (Fsp3) is 0.143. The van der Waals surface area contributed by atoms with Crippen molar-refractivity contribution in [3.63, 3.8) is 0 Å². The quantitative estimate of drug-likeness (QED) is 0.506. The summed E-state index contributed by atoms with van der Waals surface area (Å²) in [6.45, 7) is 0. The van der Waals surface area contributed by atoms with Gasteiger partial charge in [0.2, 0.25) is 0 Å². The van der Waals surface area contributed by atoms with E-state index in [-0.39, 0.29) is 0 Å². The molecule has 0 unspecified atom stereocenters. The standard InChI is InChI=1S/C7H3ClF2N2O4/c8-3-1-2(12(15)16)4(6(9)10)5(11-3)7(13)14/h1,6H,(H,13,14). The Morgan fingerprint density at radius 2 is 2.19 bits per heavy atom. The van der Waals surface area contributed by atoms with Crippen molar-refractivity contribution in [3.8, 4) is 0 Å². The van der Waals surface area contributed by atoms with Crippen LogP contribution in [0.3, 0.4) is 0 Å². The van der Waals surface area contributed by atoms with E-state index < -0.39 is 39.4 Å². The number of pyridine rings is 1. The Kier molecular flexibility index (Phi) is 3.33. The molecule has 1 N–H and O–H groups in total. The second-order valence-corrected chi connectivity index (χ2v) is 2.98. The SMILES string of the molecule is O=C(O)c1nc(Cl)cc([N+](=O)[O-])c1C(F)F. The van der Waals surface area contributed by atoms with Crippen LogP contribution >= 0.6 is 11.6 Å². The van der Waals surface area contributed by atoms with Gasteiger partial charge in [-0.1, -0.05) is 11.6 Å². The van der Waals surface area contributed by atoms with Crippen molar-refractivity contribution >= 4 is 23.3 Å². The van der Waals surface area contributed by atoms with Crippen LogP contribution in [-0.2, 0) is 0 Å². The lowest BCUT2D eigenvalue weighted by Crippen LogP contribution is -2.09. The second-order valence-electron chi connectivity index (χ2n) is 2.59. The number of rotatable bonds is 3. The normalized spacial score (nSPS) is 10.5. The van der Waals surface area contributed by atoms with Gasteiger partial charge in [0.25, 0.3) is 12.1 Å². The second kappa shape index (κ2) is 4.35. The Morgan fingerprint density at radius 3 is 2.56 bits per heavy atom. The Bertz CT molecular complexity index is 431. The number of hydrogen-bond acceptors (Lipinski definition) is 4. The predicted molar refractivity (Wildman–Crippen MR) is 47.8 cm³/mol. The monoisotopic (exact) mass is 252 g/mol. The van der Waals surface area contributed by atoms with Gasteiger partial charge in [-0.05, 0) is 0 Å². The molecule has 0 aliphatic heterocycles. The number of aromatic carboxylic acids is 1. The van der Waals surface area contributed by atoms with Crippen molar-refractivity contribution < 1.29 is 23.6 Å². The average Bonchev–Trinajstić information content (AvgIpc) is 2.15. The molecule has 1 heterocycles. The minimum atomic E-state index is -3.32. The van der Waals surface area contributed by atoms with Crippen LogP contribution in [0.25, 0.3) is 0 Å². The predicted octanol–water partition coefficient (Wildman–Crippen LogP) is 2.28. The van der Waals surface area contributed by atoms with Crippen molar-refractivity contribution in [2.24, 2.45) is 0 Å². The van der Waals surface area contributed by atoms with Gasteiger partial charge in [0.05, 0.1) is 11.0 Å². The number of carbonyl (C=O) groups is 1. The average molecular weight is 253 g/mol. The van der Waals surface area contributed by atoms with E-state index in [1.807, 2.05) is 0 Å². The highest BCUT2D eigenvalue weighted by atomic mass is 35.5. The van der Waals surface area contributed by atoms with Crippen LogP contribution in [0.4, 0.5) is 14.5 Å². The van der Waals surface area contributed by atoms with E-state index >= 15 is 0 Å². The molecule has 6 nitrogen and oxygen atoms in total. The highest BCUT2D eigenvalue weighted by Gasteiger charge is 2.30. The number of hydrogen-bond donors (Lipinski definition) is 1. The van der Waals surface area contributed by atoms with E-state index in [2.05, 4.69) is 4.98 Å². The van der Waals surface area contributed by atoms with Gasteiger partial charge in [-0.15, -0.1) is 0 Å². The zero-order valence-corrected chi connectivity index (χ0v) is 8.11. The molecule has 0 radical (unpaired) electrons. The number of nitro groups is 1. The summed E-state index contributed by atoms with van der Waals surface area (Å²) in [7, 11) is 0. The Balaban J connectivity index is 3.60. The molecule has 0 amide bonds. The molecule has 0 spiro atoms. The van der Waals surface area contributed by atoms with Gasteiger partial charge in [0, 0.05) is 0 Å². The van der Waals surface area contributed by atoms with Gasteiger partial charge < -0.3 is 5.11 Å². The summed E-state index contributed by atoms with van der Waals surface area (Å²) in [4.78, 5) is 23.0. The molecule has 0 saturated heterocycles. The van der Waals surface area contributed by atoms with Gasteiger partial charge in [0.15, 0.2) is 5.69 Å². The number of carboxylic acids is 1. The van der Waals surface area contributed by atoms with Crippen molar-refractivity contribution in [3.05, 3.63) is 32.6 Å². The number of nitrogens with zero attached hydrogens (tertiary/aromatic N) is 2. The molecule has 1 aromatic heterocycles. The highest BCUT2D eigenvalue weighted by Crippen LogP contribution is 2.32. The summed E-state index contributed by atoms with van der Waals surface area (Å²) >= 11 is 5.29. The van der Waals surface area contributed by atoms with Crippen LogP contribution in [0.5, 0.6) is 0 Å². The van der Waals surface area contributed by atoms with E-state index in [1.165, 1.54) is 0 Å². The van der Waals surface area contributed by atoms with Crippen LogP contribution < -0.4 is 0 Å². The lowest BCUT2D eigenvalue weighted by molar-refractivity contribution is -0.386. The Hall–Kier alpha value is -1.83. The molecule has 0 aliphatic rings. The third-order valence-corrected chi connectivity index (χ3v) is 1.82. The lowest BCUT2D eigenvalue weighted by atomic mass is 10.1.